The number of hydrogen-bond acceptors (Lipinski definition) is 4. The average molecular weight is 450 g/mol. The van der Waals surface area contributed by atoms with Gasteiger partial charge in [-0.25, -0.2) is 4.98 Å². The highest BCUT2D eigenvalue weighted by Gasteiger charge is 2.08. The molecular formula is C22H25Cl2N3OS. The van der Waals surface area contributed by atoms with Gasteiger partial charge in [-0.15, -0.1) is 11.3 Å². The smallest absolute Gasteiger partial charge is 0.220 e. The number of hydrogen-bond donors (Lipinski definition) is 1. The van der Waals surface area contributed by atoms with Crippen LogP contribution in [-0.2, 0) is 17.8 Å². The molecule has 0 aliphatic heterocycles. The lowest BCUT2D eigenvalue weighted by atomic mass is 10.2. The van der Waals surface area contributed by atoms with Crippen LogP contribution in [0.4, 0.5) is 0 Å². The zero-order chi connectivity index (χ0) is 20.8. The molecule has 4 nitrogen and oxygen atoms in total. The van der Waals surface area contributed by atoms with Gasteiger partial charge in [0.25, 0.3) is 0 Å². The van der Waals surface area contributed by atoms with Gasteiger partial charge in [0.05, 0.1) is 25.3 Å². The highest BCUT2D eigenvalue weighted by Crippen LogP contribution is 2.24. The predicted molar refractivity (Wildman–Crippen MR) is 123 cm³/mol. The quantitative estimate of drug-likeness (QED) is 0.439. The zero-order valence-corrected chi connectivity index (χ0v) is 19.0. The van der Waals surface area contributed by atoms with Crippen LogP contribution in [0.2, 0.25) is 10.0 Å². The largest absolute Gasteiger partial charge is 0.356 e. The number of aryl methyl sites for hydroxylation is 2. The van der Waals surface area contributed by atoms with Gasteiger partial charge >= 0.3 is 0 Å². The normalized spacial score (nSPS) is 11.3. The van der Waals surface area contributed by atoms with E-state index in [1.165, 1.54) is 10.3 Å². The van der Waals surface area contributed by atoms with Gasteiger partial charge in [0.15, 0.2) is 0 Å². The minimum absolute atomic E-state index is 0.0765. The molecule has 0 spiro atoms. The molecule has 154 valence electrons. The van der Waals surface area contributed by atoms with E-state index in [0.717, 1.165) is 35.6 Å². The van der Waals surface area contributed by atoms with Crippen LogP contribution in [0.15, 0.2) is 36.4 Å². The third kappa shape index (κ3) is 6.68. The number of aromatic nitrogens is 1. The molecule has 0 aliphatic rings. The van der Waals surface area contributed by atoms with Gasteiger partial charge in [0.1, 0.15) is 0 Å². The zero-order valence-electron chi connectivity index (χ0n) is 16.7. The molecule has 3 aromatic rings. The SMILES string of the molecule is Cc1ccc2nc(CCC(=O)NCCCN(C)Cc3ccc(Cl)c(Cl)c3)sc2c1. The molecule has 0 atom stereocenters. The Labute approximate surface area is 185 Å². The molecule has 1 N–H and O–H groups in total. The molecule has 2 aromatic carbocycles. The second kappa shape index (κ2) is 10.4. The van der Waals surface area contributed by atoms with E-state index in [9.17, 15) is 4.79 Å². The summed E-state index contributed by atoms with van der Waals surface area (Å²) in [6, 6.07) is 11.9. The van der Waals surface area contributed by atoms with E-state index in [1.807, 2.05) is 24.3 Å². The molecular weight excluding hydrogens is 425 g/mol. The van der Waals surface area contributed by atoms with Crippen molar-refractivity contribution in [1.29, 1.82) is 0 Å². The Balaban J connectivity index is 1.34. The first-order chi connectivity index (χ1) is 13.9. The maximum Gasteiger partial charge on any atom is 0.220 e. The van der Waals surface area contributed by atoms with E-state index in [4.69, 9.17) is 23.2 Å². The summed E-state index contributed by atoms with van der Waals surface area (Å²) in [7, 11) is 2.05. The van der Waals surface area contributed by atoms with Gasteiger partial charge in [0, 0.05) is 25.9 Å². The number of benzene rings is 2. The lowest BCUT2D eigenvalue weighted by Crippen LogP contribution is -2.28. The number of carbonyl (C=O) groups is 1. The topological polar surface area (TPSA) is 45.2 Å². The van der Waals surface area contributed by atoms with Crippen LogP contribution >= 0.6 is 34.5 Å². The number of rotatable bonds is 9. The standard InChI is InChI=1S/C22H25Cl2N3OS/c1-15-4-7-19-20(12-15)29-22(26-19)9-8-21(28)25-10-3-11-27(2)14-16-5-6-17(23)18(24)13-16/h4-7,12-13H,3,8-11,14H2,1-2H3,(H,25,28). The number of amides is 1. The maximum absolute atomic E-state index is 12.1. The molecule has 1 aromatic heterocycles. The molecule has 7 heteroatoms. The molecule has 0 unspecified atom stereocenters. The average Bonchev–Trinajstić information content (AvgIpc) is 3.08. The van der Waals surface area contributed by atoms with Crippen molar-refractivity contribution < 1.29 is 4.79 Å². The van der Waals surface area contributed by atoms with Crippen LogP contribution in [0.3, 0.4) is 0 Å². The van der Waals surface area contributed by atoms with Crippen LogP contribution in [0.1, 0.15) is 29.0 Å². The van der Waals surface area contributed by atoms with Crippen LogP contribution in [0, 0.1) is 6.92 Å². The molecule has 0 aliphatic carbocycles. The third-order valence-electron chi connectivity index (χ3n) is 4.63. The third-order valence-corrected chi connectivity index (χ3v) is 6.45. The van der Waals surface area contributed by atoms with E-state index in [-0.39, 0.29) is 5.91 Å². The van der Waals surface area contributed by atoms with Crippen molar-refractivity contribution in [3.05, 3.63) is 62.6 Å². The van der Waals surface area contributed by atoms with E-state index >= 15 is 0 Å². The molecule has 1 heterocycles. The Morgan fingerprint density at radius 1 is 1.17 bits per heavy atom. The van der Waals surface area contributed by atoms with Crippen molar-refractivity contribution in [3.63, 3.8) is 0 Å². The summed E-state index contributed by atoms with van der Waals surface area (Å²) in [5.74, 6) is 0.0765. The minimum Gasteiger partial charge on any atom is -0.356 e. The summed E-state index contributed by atoms with van der Waals surface area (Å²) in [4.78, 5) is 18.9. The van der Waals surface area contributed by atoms with Crippen molar-refractivity contribution >= 4 is 50.7 Å². The van der Waals surface area contributed by atoms with E-state index < -0.39 is 0 Å². The fraction of sp³-hybridized carbons (Fsp3) is 0.364. The van der Waals surface area contributed by atoms with Crippen molar-refractivity contribution in [3.8, 4) is 0 Å². The summed E-state index contributed by atoms with van der Waals surface area (Å²) in [5, 5.41) is 5.17. The van der Waals surface area contributed by atoms with Crippen molar-refractivity contribution in [1.82, 2.24) is 15.2 Å². The molecule has 0 fully saturated rings. The molecule has 29 heavy (non-hydrogen) atoms. The maximum atomic E-state index is 12.1. The van der Waals surface area contributed by atoms with Crippen LogP contribution in [0.5, 0.6) is 0 Å². The fourth-order valence-corrected chi connectivity index (χ4v) is 4.49. The molecule has 0 saturated heterocycles. The number of halogens is 2. The number of thiazole rings is 1. The first kappa shape index (κ1) is 22.0. The lowest BCUT2D eigenvalue weighted by molar-refractivity contribution is -0.121. The molecule has 1 amide bonds. The molecule has 0 bridgehead atoms. The van der Waals surface area contributed by atoms with E-state index in [1.54, 1.807) is 11.3 Å². The molecule has 0 radical (unpaired) electrons. The van der Waals surface area contributed by atoms with Gasteiger partial charge < -0.3 is 10.2 Å². The number of nitrogens with one attached hydrogen (secondary N) is 1. The van der Waals surface area contributed by atoms with Crippen LogP contribution in [-0.4, -0.2) is 35.9 Å². The second-order valence-corrected chi connectivity index (χ2v) is 9.20. The van der Waals surface area contributed by atoms with Crippen molar-refractivity contribution in [2.75, 3.05) is 20.1 Å². The van der Waals surface area contributed by atoms with Gasteiger partial charge in [-0.05, 0) is 62.3 Å². The van der Waals surface area contributed by atoms with E-state index in [0.29, 0.717) is 29.4 Å². The highest BCUT2D eigenvalue weighted by molar-refractivity contribution is 7.18. The summed E-state index contributed by atoms with van der Waals surface area (Å²) < 4.78 is 1.19. The van der Waals surface area contributed by atoms with Gasteiger partial charge in [0.2, 0.25) is 5.91 Å². The van der Waals surface area contributed by atoms with E-state index in [2.05, 4.69) is 41.3 Å². The minimum atomic E-state index is 0.0765. The second-order valence-electron chi connectivity index (χ2n) is 7.27. The number of carbonyl (C=O) groups excluding carboxylic acids is 1. The number of nitrogens with zero attached hydrogens (tertiary/aromatic N) is 2. The first-order valence-electron chi connectivity index (χ1n) is 9.66. The summed E-state index contributed by atoms with van der Waals surface area (Å²) in [6.45, 7) is 4.43. The summed E-state index contributed by atoms with van der Waals surface area (Å²) >= 11 is 13.7. The molecule has 3 rings (SSSR count). The summed E-state index contributed by atoms with van der Waals surface area (Å²) in [6.07, 6.45) is 2.04. The number of fused-ring (bicyclic) bond motifs is 1. The van der Waals surface area contributed by atoms with Gasteiger partial charge in [-0.3, -0.25) is 4.79 Å². The van der Waals surface area contributed by atoms with Crippen LogP contribution in [0.25, 0.3) is 10.2 Å². The Morgan fingerprint density at radius 3 is 2.79 bits per heavy atom. The van der Waals surface area contributed by atoms with Crippen molar-refractivity contribution in [2.24, 2.45) is 0 Å². The van der Waals surface area contributed by atoms with Crippen LogP contribution < -0.4 is 5.32 Å². The Kier molecular flexibility index (Phi) is 7.90. The first-order valence-corrected chi connectivity index (χ1v) is 11.2. The monoisotopic (exact) mass is 449 g/mol. The Morgan fingerprint density at radius 2 is 2.00 bits per heavy atom. The lowest BCUT2D eigenvalue weighted by Gasteiger charge is -2.17. The van der Waals surface area contributed by atoms with Gasteiger partial charge in [-0.1, -0.05) is 35.3 Å². The predicted octanol–water partition coefficient (Wildman–Crippen LogP) is 5.48. The summed E-state index contributed by atoms with van der Waals surface area (Å²) in [5.41, 5.74) is 3.37. The Bertz CT molecular complexity index is 989. The van der Waals surface area contributed by atoms with Gasteiger partial charge in [-0.2, -0.15) is 0 Å². The Hall–Kier alpha value is -1.66. The molecule has 0 saturated carbocycles. The fourth-order valence-electron chi connectivity index (χ4n) is 3.10. The highest BCUT2D eigenvalue weighted by atomic mass is 35.5. The van der Waals surface area contributed by atoms with Crippen molar-refractivity contribution in [2.45, 2.75) is 32.7 Å².